The van der Waals surface area contributed by atoms with E-state index in [9.17, 15) is 4.57 Å². The number of rotatable bonds is 6. The van der Waals surface area contributed by atoms with Crippen LogP contribution in [0.1, 0.15) is 41.9 Å². The maximum atomic E-state index is 12.7. The van der Waals surface area contributed by atoms with Gasteiger partial charge in [-0.2, -0.15) is 0 Å². The zero-order chi connectivity index (χ0) is 14.6. The molecule has 0 spiro atoms. The lowest BCUT2D eigenvalue weighted by Gasteiger charge is -2.26. The number of benzene rings is 1. The first-order valence-corrected chi connectivity index (χ1v) is 8.19. The highest BCUT2D eigenvalue weighted by Crippen LogP contribution is 2.59. The number of aryl methyl sites for hydroxylation is 3. The highest BCUT2D eigenvalue weighted by atomic mass is 31.2. The molecule has 2 N–H and O–H groups in total. The van der Waals surface area contributed by atoms with Crippen molar-refractivity contribution in [1.82, 2.24) is 0 Å². The highest BCUT2D eigenvalue weighted by molar-refractivity contribution is 7.54. The summed E-state index contributed by atoms with van der Waals surface area (Å²) >= 11 is 0. The summed E-state index contributed by atoms with van der Waals surface area (Å²) in [6.07, 6.45) is 0. The second-order valence-electron chi connectivity index (χ2n) is 4.63. The molecule has 1 rings (SSSR count). The van der Waals surface area contributed by atoms with Crippen molar-refractivity contribution >= 4 is 7.60 Å². The Labute approximate surface area is 115 Å². The van der Waals surface area contributed by atoms with Crippen LogP contribution in [-0.2, 0) is 13.6 Å². The van der Waals surface area contributed by atoms with Crippen LogP contribution >= 0.6 is 7.60 Å². The molecule has 0 bridgehead atoms. The molecule has 0 aliphatic rings. The van der Waals surface area contributed by atoms with Crippen molar-refractivity contribution in [2.45, 2.75) is 40.4 Å². The third-order valence-corrected chi connectivity index (χ3v) is 5.17. The smallest absolute Gasteiger partial charge is 0.314 e. The average Bonchev–Trinajstić information content (AvgIpc) is 2.27. The fraction of sp³-hybridized carbons (Fsp3) is 0.571. The van der Waals surface area contributed by atoms with Crippen molar-refractivity contribution in [2.24, 2.45) is 5.73 Å². The van der Waals surface area contributed by atoms with E-state index in [0.717, 1.165) is 22.3 Å². The van der Waals surface area contributed by atoms with Crippen LogP contribution in [0.4, 0.5) is 0 Å². The van der Waals surface area contributed by atoms with Crippen LogP contribution < -0.4 is 5.73 Å². The lowest BCUT2D eigenvalue weighted by molar-refractivity contribution is 0.212. The lowest BCUT2D eigenvalue weighted by atomic mass is 10.00. The zero-order valence-electron chi connectivity index (χ0n) is 12.4. The lowest BCUT2D eigenvalue weighted by Crippen LogP contribution is -2.17. The van der Waals surface area contributed by atoms with E-state index in [0.29, 0.717) is 13.2 Å². The molecule has 0 aromatic heterocycles. The van der Waals surface area contributed by atoms with Gasteiger partial charge in [-0.15, -0.1) is 0 Å². The van der Waals surface area contributed by atoms with E-state index in [2.05, 4.69) is 0 Å². The molecule has 1 aromatic carbocycles. The van der Waals surface area contributed by atoms with Gasteiger partial charge in [-0.3, -0.25) is 4.57 Å². The molecule has 4 nitrogen and oxygen atoms in total. The van der Waals surface area contributed by atoms with Crippen molar-refractivity contribution in [3.63, 3.8) is 0 Å². The zero-order valence-corrected chi connectivity index (χ0v) is 13.3. The quantitative estimate of drug-likeness (QED) is 0.807. The Morgan fingerprint density at radius 2 is 1.53 bits per heavy atom. The molecular weight excluding hydrogens is 261 g/mol. The van der Waals surface area contributed by atoms with Gasteiger partial charge in [0.15, 0.2) is 0 Å². The third-order valence-electron chi connectivity index (χ3n) is 2.99. The Morgan fingerprint density at radius 1 is 1.11 bits per heavy atom. The second-order valence-corrected chi connectivity index (χ2v) is 6.79. The van der Waals surface area contributed by atoms with Gasteiger partial charge >= 0.3 is 7.60 Å². The maximum absolute atomic E-state index is 12.7. The van der Waals surface area contributed by atoms with Gasteiger partial charge in [0, 0.05) is 0 Å². The SMILES string of the molecule is CCOP(=O)(OCC)[C@@H](N)c1c(C)cc(C)cc1C. The second kappa shape index (κ2) is 6.67. The van der Waals surface area contributed by atoms with Gasteiger partial charge in [0.2, 0.25) is 0 Å². The van der Waals surface area contributed by atoms with E-state index in [-0.39, 0.29) is 0 Å². The molecule has 0 radical (unpaired) electrons. The molecule has 108 valence electrons. The van der Waals surface area contributed by atoms with Gasteiger partial charge in [0.25, 0.3) is 0 Å². The summed E-state index contributed by atoms with van der Waals surface area (Å²) in [7, 11) is -3.32. The van der Waals surface area contributed by atoms with E-state index in [1.165, 1.54) is 0 Å². The van der Waals surface area contributed by atoms with Gasteiger partial charge in [0.05, 0.1) is 13.2 Å². The number of nitrogens with two attached hydrogens (primary N) is 1. The molecule has 0 amide bonds. The normalized spacial score (nSPS) is 13.6. The van der Waals surface area contributed by atoms with Gasteiger partial charge in [-0.1, -0.05) is 17.7 Å². The average molecular weight is 285 g/mol. The Morgan fingerprint density at radius 3 is 1.89 bits per heavy atom. The molecule has 1 aromatic rings. The summed E-state index contributed by atoms with van der Waals surface area (Å²) in [6.45, 7) is 10.2. The van der Waals surface area contributed by atoms with E-state index in [1.807, 2.05) is 32.9 Å². The molecule has 0 heterocycles. The summed E-state index contributed by atoms with van der Waals surface area (Å²) in [5.74, 6) is -0.743. The summed E-state index contributed by atoms with van der Waals surface area (Å²) in [5.41, 5.74) is 10.2. The Kier molecular flexibility index (Phi) is 5.75. The first-order chi connectivity index (χ1) is 8.85. The maximum Gasteiger partial charge on any atom is 0.351 e. The first kappa shape index (κ1) is 16.4. The van der Waals surface area contributed by atoms with Gasteiger partial charge in [0.1, 0.15) is 5.78 Å². The van der Waals surface area contributed by atoms with Gasteiger partial charge in [-0.05, 0) is 51.3 Å². The molecule has 5 heteroatoms. The molecule has 0 aliphatic heterocycles. The third kappa shape index (κ3) is 3.67. The predicted octanol–water partition coefficient (Wildman–Crippen LogP) is 3.84. The Hall–Kier alpha value is -0.670. The van der Waals surface area contributed by atoms with Gasteiger partial charge in [-0.25, -0.2) is 0 Å². The van der Waals surface area contributed by atoms with Crippen molar-refractivity contribution in [3.05, 3.63) is 34.4 Å². The van der Waals surface area contributed by atoms with Gasteiger partial charge < -0.3 is 14.8 Å². The molecule has 0 fully saturated rings. The predicted molar refractivity (Wildman–Crippen MR) is 78.4 cm³/mol. The molecular formula is C14H24NO3P. The molecule has 0 aliphatic carbocycles. The molecule has 19 heavy (non-hydrogen) atoms. The van der Waals surface area contributed by atoms with E-state index < -0.39 is 13.4 Å². The van der Waals surface area contributed by atoms with Crippen LogP contribution in [-0.4, -0.2) is 13.2 Å². The molecule has 1 atom stereocenters. The molecule has 0 unspecified atom stereocenters. The van der Waals surface area contributed by atoms with E-state index in [4.69, 9.17) is 14.8 Å². The van der Waals surface area contributed by atoms with Crippen LogP contribution in [0, 0.1) is 20.8 Å². The van der Waals surface area contributed by atoms with Crippen molar-refractivity contribution in [1.29, 1.82) is 0 Å². The highest BCUT2D eigenvalue weighted by Gasteiger charge is 2.35. The Balaban J connectivity index is 3.24. The minimum atomic E-state index is -3.32. The van der Waals surface area contributed by atoms with Crippen LogP contribution in [0.15, 0.2) is 12.1 Å². The first-order valence-electron chi connectivity index (χ1n) is 6.57. The largest absolute Gasteiger partial charge is 0.351 e. The van der Waals surface area contributed by atoms with Crippen LogP contribution in [0.5, 0.6) is 0 Å². The van der Waals surface area contributed by atoms with E-state index in [1.54, 1.807) is 13.8 Å². The molecule has 0 saturated heterocycles. The van der Waals surface area contributed by atoms with Crippen LogP contribution in [0.2, 0.25) is 0 Å². The fourth-order valence-electron chi connectivity index (χ4n) is 2.37. The summed E-state index contributed by atoms with van der Waals surface area (Å²) in [4.78, 5) is 0. The minimum Gasteiger partial charge on any atom is -0.314 e. The van der Waals surface area contributed by atoms with Crippen molar-refractivity contribution in [2.75, 3.05) is 13.2 Å². The number of hydrogen-bond acceptors (Lipinski definition) is 4. The Bertz CT molecular complexity index is 455. The minimum absolute atomic E-state index is 0.314. The van der Waals surface area contributed by atoms with Crippen molar-refractivity contribution < 1.29 is 13.6 Å². The number of hydrogen-bond donors (Lipinski definition) is 1. The van der Waals surface area contributed by atoms with Crippen LogP contribution in [0.25, 0.3) is 0 Å². The summed E-state index contributed by atoms with van der Waals surface area (Å²) in [6, 6.07) is 4.06. The molecule has 0 saturated carbocycles. The summed E-state index contributed by atoms with van der Waals surface area (Å²) < 4.78 is 23.4. The monoisotopic (exact) mass is 285 g/mol. The standard InChI is InChI=1S/C14H24NO3P/c1-6-17-19(16,18-7-2)14(15)13-11(4)8-10(3)9-12(13)5/h8-9,14H,6-7,15H2,1-5H3/t14-/m1/s1. The van der Waals surface area contributed by atoms with Crippen molar-refractivity contribution in [3.8, 4) is 0 Å². The van der Waals surface area contributed by atoms with E-state index >= 15 is 0 Å². The fourth-order valence-corrected chi connectivity index (χ4v) is 4.21. The van der Waals surface area contributed by atoms with Crippen LogP contribution in [0.3, 0.4) is 0 Å². The topological polar surface area (TPSA) is 61.5 Å². The summed E-state index contributed by atoms with van der Waals surface area (Å²) in [5, 5.41) is 0.